The second kappa shape index (κ2) is 10.5. The van der Waals surface area contributed by atoms with E-state index in [2.05, 4.69) is 19.9 Å². The molecule has 2 aliphatic rings. The summed E-state index contributed by atoms with van der Waals surface area (Å²) in [5, 5.41) is 0.594. The van der Waals surface area contributed by atoms with Crippen LogP contribution in [0.2, 0.25) is 0 Å². The van der Waals surface area contributed by atoms with Crippen LogP contribution in [0.4, 0.5) is 9.18 Å². The first-order chi connectivity index (χ1) is 17.9. The highest BCUT2D eigenvalue weighted by Gasteiger charge is 2.35. The second-order valence-corrected chi connectivity index (χ2v) is 10.7. The molecule has 1 atom stereocenters. The number of hydrogen-bond acceptors (Lipinski definition) is 4. The van der Waals surface area contributed by atoms with Crippen molar-refractivity contribution in [3.63, 3.8) is 0 Å². The van der Waals surface area contributed by atoms with Crippen LogP contribution in [0, 0.1) is 5.82 Å². The van der Waals surface area contributed by atoms with Gasteiger partial charge in [-0.05, 0) is 73.7 Å². The first-order valence-electron chi connectivity index (χ1n) is 12.8. The summed E-state index contributed by atoms with van der Waals surface area (Å²) in [5.41, 5.74) is 3.59. The Morgan fingerprint density at radius 2 is 1.92 bits per heavy atom. The Labute approximate surface area is 220 Å². The molecule has 6 nitrogen and oxygen atoms in total. The van der Waals surface area contributed by atoms with E-state index in [-0.39, 0.29) is 42.0 Å². The van der Waals surface area contributed by atoms with Crippen LogP contribution in [-0.2, 0) is 29.1 Å². The van der Waals surface area contributed by atoms with E-state index in [4.69, 9.17) is 0 Å². The highest BCUT2D eigenvalue weighted by atomic mass is 32.2. The lowest BCUT2D eigenvalue weighted by molar-refractivity contribution is -0.135. The Bertz CT molecular complexity index is 1400. The minimum absolute atomic E-state index is 0.0898. The van der Waals surface area contributed by atoms with Crippen molar-refractivity contribution >= 4 is 45.8 Å². The molecule has 37 heavy (non-hydrogen) atoms. The van der Waals surface area contributed by atoms with Crippen LogP contribution in [0.5, 0.6) is 0 Å². The maximum Gasteiger partial charge on any atom is 0.293 e. The van der Waals surface area contributed by atoms with E-state index in [1.165, 1.54) is 17.0 Å². The zero-order chi connectivity index (χ0) is 26.1. The van der Waals surface area contributed by atoms with E-state index in [9.17, 15) is 18.8 Å². The third kappa shape index (κ3) is 5.07. The summed E-state index contributed by atoms with van der Waals surface area (Å²) >= 11 is 0.904. The van der Waals surface area contributed by atoms with Gasteiger partial charge in [0.2, 0.25) is 5.91 Å². The first kappa shape index (κ1) is 25.3. The molecule has 0 unspecified atom stereocenters. The van der Waals surface area contributed by atoms with Crippen LogP contribution in [0.15, 0.2) is 53.6 Å². The molecule has 3 aromatic rings. The number of halogens is 1. The van der Waals surface area contributed by atoms with Crippen molar-refractivity contribution in [3.8, 4) is 0 Å². The molecule has 0 aliphatic carbocycles. The Hall–Kier alpha value is -3.39. The molecule has 5 rings (SSSR count). The number of benzene rings is 2. The van der Waals surface area contributed by atoms with E-state index in [0.29, 0.717) is 10.5 Å². The molecule has 8 heteroatoms. The standard InChI is InChI=1S/C29H30FN3O3S/c1-3-21-8-6-9-24-22(17-31(27(21)24)18-26(34)32-14-5-4-7-19(32)2)15-25-28(35)33(29(36)37-25)16-20-10-12-23(30)13-11-20/h6,8-13,15,17,19H,3-5,7,14,16,18H2,1-2H3/b25-15-/t19-/m0/s1. The topological polar surface area (TPSA) is 62.6 Å². The number of imide groups is 1. The zero-order valence-corrected chi connectivity index (χ0v) is 21.9. The molecule has 3 amide bonds. The number of likely N-dealkylation sites (tertiary alicyclic amines) is 1. The number of aromatic nitrogens is 1. The van der Waals surface area contributed by atoms with Gasteiger partial charge >= 0.3 is 0 Å². The Balaban J connectivity index is 1.46. The number of piperidine rings is 1. The number of para-hydroxylation sites is 1. The maximum atomic E-state index is 13.3. The van der Waals surface area contributed by atoms with Gasteiger partial charge in [0, 0.05) is 29.7 Å². The third-order valence-corrected chi connectivity index (χ3v) is 8.14. The summed E-state index contributed by atoms with van der Waals surface area (Å²) in [6.07, 6.45) is 7.69. The Morgan fingerprint density at radius 1 is 1.14 bits per heavy atom. The van der Waals surface area contributed by atoms with E-state index >= 15 is 0 Å². The van der Waals surface area contributed by atoms with Gasteiger partial charge in [-0.15, -0.1) is 0 Å². The van der Waals surface area contributed by atoms with E-state index in [1.807, 2.05) is 27.8 Å². The van der Waals surface area contributed by atoms with Gasteiger partial charge in [0.25, 0.3) is 11.1 Å². The fraction of sp³-hybridized carbons (Fsp3) is 0.345. The average molecular weight is 520 g/mol. The maximum absolute atomic E-state index is 13.3. The van der Waals surface area contributed by atoms with Gasteiger partial charge < -0.3 is 9.47 Å². The minimum Gasteiger partial charge on any atom is -0.338 e. The quantitative estimate of drug-likeness (QED) is 0.376. The predicted octanol–water partition coefficient (Wildman–Crippen LogP) is 5.98. The van der Waals surface area contributed by atoms with Crippen molar-refractivity contribution in [1.29, 1.82) is 0 Å². The van der Waals surface area contributed by atoms with Gasteiger partial charge in [-0.1, -0.05) is 37.3 Å². The smallest absolute Gasteiger partial charge is 0.293 e. The van der Waals surface area contributed by atoms with Gasteiger partial charge in [-0.3, -0.25) is 19.3 Å². The molecule has 2 saturated heterocycles. The first-order valence-corrected chi connectivity index (χ1v) is 13.6. The Kier molecular flexibility index (Phi) is 7.20. The highest BCUT2D eigenvalue weighted by molar-refractivity contribution is 8.18. The van der Waals surface area contributed by atoms with Crippen LogP contribution < -0.4 is 0 Å². The van der Waals surface area contributed by atoms with Crippen LogP contribution in [0.25, 0.3) is 17.0 Å². The molecule has 0 N–H and O–H groups in total. The molecule has 1 aromatic heterocycles. The lowest BCUT2D eigenvalue weighted by Gasteiger charge is -2.33. The van der Waals surface area contributed by atoms with Crippen molar-refractivity contribution < 1.29 is 18.8 Å². The van der Waals surface area contributed by atoms with E-state index in [1.54, 1.807) is 18.2 Å². The van der Waals surface area contributed by atoms with Crippen molar-refractivity contribution in [2.75, 3.05) is 6.54 Å². The molecule has 2 aliphatic heterocycles. The summed E-state index contributed by atoms with van der Waals surface area (Å²) in [4.78, 5) is 42.6. The SMILES string of the molecule is CCc1cccc2c(/C=C3\SC(=O)N(Cc4ccc(F)cc4)C3=O)cn(CC(=O)N3CCCC[C@@H]3C)c12. The second-order valence-electron chi connectivity index (χ2n) is 9.71. The molecule has 0 bridgehead atoms. The van der Waals surface area contributed by atoms with E-state index in [0.717, 1.165) is 66.0 Å². The Morgan fingerprint density at radius 3 is 2.65 bits per heavy atom. The van der Waals surface area contributed by atoms with Crippen molar-refractivity contribution in [2.45, 2.75) is 58.7 Å². The fourth-order valence-corrected chi connectivity index (χ4v) is 6.07. The largest absolute Gasteiger partial charge is 0.338 e. The fourth-order valence-electron chi connectivity index (χ4n) is 5.25. The van der Waals surface area contributed by atoms with Crippen LogP contribution in [0.3, 0.4) is 0 Å². The molecular weight excluding hydrogens is 489 g/mol. The summed E-state index contributed by atoms with van der Waals surface area (Å²) in [5.74, 6) is -0.639. The lowest BCUT2D eigenvalue weighted by Crippen LogP contribution is -2.43. The number of amides is 3. The number of rotatable bonds is 6. The zero-order valence-electron chi connectivity index (χ0n) is 21.1. The normalized spacial score (nSPS) is 19.4. The molecule has 2 aromatic carbocycles. The molecule has 0 radical (unpaired) electrons. The number of carbonyl (C=O) groups excluding carboxylic acids is 3. The van der Waals surface area contributed by atoms with Crippen molar-refractivity contribution in [3.05, 3.63) is 76.1 Å². The third-order valence-electron chi connectivity index (χ3n) is 7.24. The van der Waals surface area contributed by atoms with E-state index < -0.39 is 0 Å². The van der Waals surface area contributed by atoms with Crippen LogP contribution in [0.1, 0.15) is 49.8 Å². The molecule has 0 spiro atoms. The van der Waals surface area contributed by atoms with Crippen LogP contribution in [-0.4, -0.2) is 44.0 Å². The summed E-state index contributed by atoms with van der Waals surface area (Å²) in [7, 11) is 0. The average Bonchev–Trinajstić information content (AvgIpc) is 3.37. The van der Waals surface area contributed by atoms with Gasteiger partial charge in [-0.2, -0.15) is 0 Å². The van der Waals surface area contributed by atoms with Crippen molar-refractivity contribution in [2.24, 2.45) is 0 Å². The molecule has 2 fully saturated rings. The number of fused-ring (bicyclic) bond motifs is 1. The molecule has 0 saturated carbocycles. The van der Waals surface area contributed by atoms with Gasteiger partial charge in [0.1, 0.15) is 12.4 Å². The number of nitrogens with zero attached hydrogens (tertiary/aromatic N) is 3. The highest BCUT2D eigenvalue weighted by Crippen LogP contribution is 2.36. The number of carbonyl (C=O) groups is 3. The number of hydrogen-bond donors (Lipinski definition) is 0. The summed E-state index contributed by atoms with van der Waals surface area (Å²) < 4.78 is 15.3. The van der Waals surface area contributed by atoms with Crippen LogP contribution >= 0.6 is 11.8 Å². The van der Waals surface area contributed by atoms with Gasteiger partial charge in [0.15, 0.2) is 0 Å². The van der Waals surface area contributed by atoms with Gasteiger partial charge in [0.05, 0.1) is 17.0 Å². The number of aryl methyl sites for hydroxylation is 1. The monoisotopic (exact) mass is 519 g/mol. The minimum atomic E-state index is -0.370. The molecular formula is C29H30FN3O3S. The lowest BCUT2D eigenvalue weighted by atomic mass is 10.0. The summed E-state index contributed by atoms with van der Waals surface area (Å²) in [6, 6.07) is 12.1. The molecule has 192 valence electrons. The van der Waals surface area contributed by atoms with Gasteiger partial charge in [-0.25, -0.2) is 4.39 Å². The predicted molar refractivity (Wildman–Crippen MR) is 144 cm³/mol. The molecule has 3 heterocycles. The number of thioether (sulfide) groups is 1. The summed E-state index contributed by atoms with van der Waals surface area (Å²) in [6.45, 7) is 5.30. The van der Waals surface area contributed by atoms with Crippen molar-refractivity contribution in [1.82, 2.24) is 14.4 Å².